The molecule has 0 amide bonds. The van der Waals surface area contributed by atoms with Crippen LogP contribution in [-0.2, 0) is 6.42 Å². The molecule has 0 bridgehead atoms. The molecule has 0 heterocycles. The molecule has 0 atom stereocenters. The Morgan fingerprint density at radius 2 is 1.94 bits per heavy atom. The summed E-state index contributed by atoms with van der Waals surface area (Å²) >= 11 is 0. The van der Waals surface area contributed by atoms with Gasteiger partial charge in [-0.2, -0.15) is 0 Å². The minimum atomic E-state index is 0.164. The Morgan fingerprint density at radius 1 is 1.29 bits per heavy atom. The zero-order chi connectivity index (χ0) is 12.9. The van der Waals surface area contributed by atoms with Crippen molar-refractivity contribution in [3.05, 3.63) is 29.8 Å². The van der Waals surface area contributed by atoms with Crippen LogP contribution in [-0.4, -0.2) is 21.5 Å². The third-order valence-electron chi connectivity index (χ3n) is 3.22. The predicted octanol–water partition coefficient (Wildman–Crippen LogP) is 3.07. The van der Waals surface area contributed by atoms with Crippen molar-refractivity contribution in [1.29, 1.82) is 0 Å². The largest absolute Gasteiger partial charge is 0.540 e. The first-order chi connectivity index (χ1) is 7.97. The lowest BCUT2D eigenvalue weighted by Crippen LogP contribution is -2.24. The molecule has 0 spiro atoms. The highest BCUT2D eigenvalue weighted by Crippen LogP contribution is 2.33. The molecule has 0 saturated carbocycles. The van der Waals surface area contributed by atoms with Crippen LogP contribution in [0.15, 0.2) is 24.3 Å². The van der Waals surface area contributed by atoms with Gasteiger partial charge in [0.1, 0.15) is 5.75 Å². The summed E-state index contributed by atoms with van der Waals surface area (Å²) in [7, 11) is 0.436. The van der Waals surface area contributed by atoms with Gasteiger partial charge in [-0.3, -0.25) is 0 Å². The van der Waals surface area contributed by atoms with Crippen molar-refractivity contribution in [1.82, 2.24) is 0 Å². The molecule has 3 heteroatoms. The normalized spacial score (nSPS) is 11.9. The first-order valence-electron chi connectivity index (χ1n) is 6.10. The van der Waals surface area contributed by atoms with Crippen molar-refractivity contribution < 1.29 is 9.53 Å². The molecule has 1 rings (SSSR count). The topological polar surface area (TPSA) is 29.5 Å². The summed E-state index contributed by atoms with van der Waals surface area (Å²) in [5, 5.41) is 9.19. The number of rotatable bonds is 6. The lowest BCUT2D eigenvalue weighted by molar-refractivity contribution is 0.298. The molecule has 0 aliphatic rings. The van der Waals surface area contributed by atoms with Gasteiger partial charge in [0.05, 0.1) is 0 Å². The molecule has 1 aromatic rings. The van der Waals surface area contributed by atoms with Gasteiger partial charge in [0.2, 0.25) is 0 Å². The molecule has 0 aliphatic carbocycles. The van der Waals surface area contributed by atoms with Crippen LogP contribution in [0.25, 0.3) is 0 Å². The molecule has 0 aromatic heterocycles. The van der Waals surface area contributed by atoms with Gasteiger partial charge in [-0.1, -0.05) is 45.9 Å². The lowest BCUT2D eigenvalue weighted by atomic mass is 9.99. The standard InChI is InChI=1S/C14H22O2Si/c1-11(2)14(3,4)17-16-13-8-6-5-7-12(13)9-10-15/h5-8,11,15H,9-10H2,1-4H3. The van der Waals surface area contributed by atoms with E-state index in [1.807, 2.05) is 24.3 Å². The van der Waals surface area contributed by atoms with E-state index in [9.17, 15) is 0 Å². The lowest BCUT2D eigenvalue weighted by Gasteiger charge is -2.27. The average molecular weight is 250 g/mol. The van der Waals surface area contributed by atoms with Gasteiger partial charge in [-0.25, -0.2) is 0 Å². The molecule has 0 aliphatic heterocycles. The van der Waals surface area contributed by atoms with E-state index >= 15 is 0 Å². The maximum Gasteiger partial charge on any atom is 0.317 e. The predicted molar refractivity (Wildman–Crippen MR) is 72.5 cm³/mol. The second-order valence-corrected chi connectivity index (χ2v) is 6.86. The zero-order valence-corrected chi connectivity index (χ0v) is 12.2. The van der Waals surface area contributed by atoms with Crippen molar-refractivity contribution in [2.24, 2.45) is 5.92 Å². The average Bonchev–Trinajstić information content (AvgIpc) is 2.28. The molecule has 1 N–H and O–H groups in total. The van der Waals surface area contributed by atoms with Crippen LogP contribution < -0.4 is 4.43 Å². The van der Waals surface area contributed by atoms with E-state index in [4.69, 9.17) is 9.53 Å². The van der Waals surface area contributed by atoms with Crippen LogP contribution in [0.1, 0.15) is 33.3 Å². The fraction of sp³-hybridized carbons (Fsp3) is 0.571. The highest BCUT2D eigenvalue weighted by molar-refractivity contribution is 6.33. The maximum absolute atomic E-state index is 9.01. The highest BCUT2D eigenvalue weighted by Gasteiger charge is 2.26. The minimum absolute atomic E-state index is 0.164. The molecule has 94 valence electrons. The van der Waals surface area contributed by atoms with Crippen LogP contribution in [0.3, 0.4) is 0 Å². The second-order valence-electron chi connectivity index (χ2n) is 5.16. The van der Waals surface area contributed by atoms with Gasteiger partial charge in [0.25, 0.3) is 0 Å². The number of hydrogen-bond acceptors (Lipinski definition) is 2. The fourth-order valence-corrected chi connectivity index (χ4v) is 2.04. The SMILES string of the molecule is CC(C)C(C)(C)[Si]Oc1ccccc1CCO. The smallest absolute Gasteiger partial charge is 0.317 e. The summed E-state index contributed by atoms with van der Waals surface area (Å²) in [6.45, 7) is 9.05. The fourth-order valence-electron chi connectivity index (χ4n) is 1.23. The van der Waals surface area contributed by atoms with Gasteiger partial charge in [-0.15, -0.1) is 0 Å². The monoisotopic (exact) mass is 250 g/mol. The molecule has 2 radical (unpaired) electrons. The molecule has 1 aromatic carbocycles. The van der Waals surface area contributed by atoms with Gasteiger partial charge >= 0.3 is 9.76 Å². The summed E-state index contributed by atoms with van der Waals surface area (Å²) in [5.41, 5.74) is 1.09. The number of para-hydroxylation sites is 1. The van der Waals surface area contributed by atoms with Crippen LogP contribution in [0, 0.1) is 5.92 Å². The van der Waals surface area contributed by atoms with E-state index in [2.05, 4.69) is 27.7 Å². The van der Waals surface area contributed by atoms with Gasteiger partial charge in [0.15, 0.2) is 0 Å². The molecule has 0 unspecified atom stereocenters. The van der Waals surface area contributed by atoms with Crippen molar-refractivity contribution >= 4 is 9.76 Å². The Morgan fingerprint density at radius 3 is 2.53 bits per heavy atom. The number of hydrogen-bond donors (Lipinski definition) is 1. The van der Waals surface area contributed by atoms with Gasteiger partial charge < -0.3 is 9.53 Å². The highest BCUT2D eigenvalue weighted by atomic mass is 28.2. The van der Waals surface area contributed by atoms with Gasteiger partial charge in [-0.05, 0) is 29.0 Å². The van der Waals surface area contributed by atoms with E-state index in [0.29, 0.717) is 22.1 Å². The summed E-state index contributed by atoms with van der Waals surface area (Å²) in [4.78, 5) is 0. The summed E-state index contributed by atoms with van der Waals surface area (Å²) in [6, 6.07) is 7.95. The Balaban J connectivity index is 2.69. The first-order valence-corrected chi connectivity index (χ1v) is 7.01. The third-order valence-corrected chi connectivity index (χ3v) is 4.65. The van der Waals surface area contributed by atoms with Crippen molar-refractivity contribution in [3.8, 4) is 5.75 Å². The van der Waals surface area contributed by atoms with Crippen LogP contribution in [0.2, 0.25) is 5.04 Å². The molecule has 2 nitrogen and oxygen atoms in total. The first kappa shape index (κ1) is 14.3. The molecule has 17 heavy (non-hydrogen) atoms. The molecule has 0 saturated heterocycles. The summed E-state index contributed by atoms with van der Waals surface area (Å²) < 4.78 is 5.93. The maximum atomic E-state index is 9.01. The van der Waals surface area contributed by atoms with E-state index in [1.54, 1.807) is 0 Å². The van der Waals surface area contributed by atoms with E-state index in [0.717, 1.165) is 11.3 Å². The van der Waals surface area contributed by atoms with Crippen LogP contribution >= 0.6 is 0 Å². The minimum Gasteiger partial charge on any atom is -0.540 e. The van der Waals surface area contributed by atoms with Crippen molar-refractivity contribution in [2.45, 2.75) is 39.2 Å². The van der Waals surface area contributed by atoms with Crippen molar-refractivity contribution in [2.75, 3.05) is 6.61 Å². The molecular formula is C14H22O2Si. The number of aliphatic hydroxyl groups is 1. The van der Waals surface area contributed by atoms with Gasteiger partial charge in [0, 0.05) is 6.61 Å². The Bertz CT molecular complexity index is 348. The number of aliphatic hydroxyl groups excluding tert-OH is 1. The summed E-state index contributed by atoms with van der Waals surface area (Å²) in [5.74, 6) is 1.50. The second kappa shape index (κ2) is 6.22. The van der Waals surface area contributed by atoms with Crippen LogP contribution in [0.5, 0.6) is 5.75 Å². The van der Waals surface area contributed by atoms with E-state index < -0.39 is 0 Å². The molecule has 0 fully saturated rings. The summed E-state index contributed by atoms with van der Waals surface area (Å²) in [6.07, 6.45) is 0.656. The van der Waals surface area contributed by atoms with Crippen molar-refractivity contribution in [3.63, 3.8) is 0 Å². The molecular weight excluding hydrogens is 228 g/mol. The zero-order valence-electron chi connectivity index (χ0n) is 11.2. The quantitative estimate of drug-likeness (QED) is 0.786. The van der Waals surface area contributed by atoms with Crippen LogP contribution in [0.4, 0.5) is 0 Å². The Hall–Kier alpha value is -0.803. The Labute approximate surface area is 107 Å². The number of benzene rings is 1. The van der Waals surface area contributed by atoms with E-state index in [1.165, 1.54) is 0 Å². The third kappa shape index (κ3) is 4.17. The van der Waals surface area contributed by atoms with E-state index in [-0.39, 0.29) is 11.6 Å². The Kier molecular flexibility index (Phi) is 5.21.